The molecule has 0 bridgehead atoms. The number of esters is 1. The van der Waals surface area contributed by atoms with Crippen molar-refractivity contribution in [1.82, 2.24) is 0 Å². The SMILES string of the molecule is CCCCO[C@H](C)CC(C)(C)OC(C)=O. The number of hydrogen-bond acceptors (Lipinski definition) is 3. The first-order valence-corrected chi connectivity index (χ1v) is 5.68. The van der Waals surface area contributed by atoms with Gasteiger partial charge in [0.1, 0.15) is 5.60 Å². The van der Waals surface area contributed by atoms with Crippen LogP contribution in [0.4, 0.5) is 0 Å². The number of ether oxygens (including phenoxy) is 2. The zero-order valence-electron chi connectivity index (χ0n) is 10.6. The summed E-state index contributed by atoms with van der Waals surface area (Å²) < 4.78 is 10.8. The van der Waals surface area contributed by atoms with Crippen LogP contribution in [0.5, 0.6) is 0 Å². The zero-order chi connectivity index (χ0) is 11.9. The average Bonchev–Trinajstić information content (AvgIpc) is 2.00. The topological polar surface area (TPSA) is 35.5 Å². The third-order valence-electron chi connectivity index (χ3n) is 2.10. The first kappa shape index (κ1) is 14.4. The highest BCUT2D eigenvalue weighted by molar-refractivity contribution is 5.66. The summed E-state index contributed by atoms with van der Waals surface area (Å²) in [4.78, 5) is 10.8. The molecule has 0 heterocycles. The molecule has 1 atom stereocenters. The summed E-state index contributed by atoms with van der Waals surface area (Å²) in [5.41, 5.74) is -0.433. The van der Waals surface area contributed by atoms with Crippen LogP contribution in [0, 0.1) is 0 Å². The van der Waals surface area contributed by atoms with Gasteiger partial charge >= 0.3 is 5.97 Å². The van der Waals surface area contributed by atoms with Gasteiger partial charge in [-0.2, -0.15) is 0 Å². The largest absolute Gasteiger partial charge is 0.460 e. The average molecular weight is 216 g/mol. The van der Waals surface area contributed by atoms with E-state index in [2.05, 4.69) is 6.92 Å². The summed E-state index contributed by atoms with van der Waals surface area (Å²) in [5, 5.41) is 0. The number of unbranched alkanes of at least 4 members (excludes halogenated alkanes) is 1. The van der Waals surface area contributed by atoms with Crippen molar-refractivity contribution in [2.45, 2.75) is 65.6 Å². The predicted molar refractivity (Wildman–Crippen MR) is 60.8 cm³/mol. The number of hydrogen-bond donors (Lipinski definition) is 0. The van der Waals surface area contributed by atoms with Gasteiger partial charge in [0.25, 0.3) is 0 Å². The number of carbonyl (C=O) groups is 1. The Morgan fingerprint density at radius 1 is 1.40 bits per heavy atom. The van der Waals surface area contributed by atoms with Crippen molar-refractivity contribution in [3.05, 3.63) is 0 Å². The highest BCUT2D eigenvalue weighted by Crippen LogP contribution is 2.18. The highest BCUT2D eigenvalue weighted by Gasteiger charge is 2.24. The van der Waals surface area contributed by atoms with Crippen molar-refractivity contribution in [3.63, 3.8) is 0 Å². The lowest BCUT2D eigenvalue weighted by molar-refractivity contribution is -0.156. The van der Waals surface area contributed by atoms with E-state index < -0.39 is 5.60 Å². The third-order valence-corrected chi connectivity index (χ3v) is 2.10. The Morgan fingerprint density at radius 2 is 2.00 bits per heavy atom. The van der Waals surface area contributed by atoms with Gasteiger partial charge in [0, 0.05) is 20.0 Å². The van der Waals surface area contributed by atoms with Crippen molar-refractivity contribution in [2.75, 3.05) is 6.61 Å². The molecular formula is C12H24O3. The van der Waals surface area contributed by atoms with Crippen molar-refractivity contribution in [3.8, 4) is 0 Å². The van der Waals surface area contributed by atoms with Crippen molar-refractivity contribution >= 4 is 5.97 Å². The monoisotopic (exact) mass is 216 g/mol. The van der Waals surface area contributed by atoms with Crippen LogP contribution in [0.3, 0.4) is 0 Å². The second-order valence-electron chi connectivity index (χ2n) is 4.59. The molecule has 90 valence electrons. The Balaban J connectivity index is 3.82. The van der Waals surface area contributed by atoms with Crippen LogP contribution >= 0.6 is 0 Å². The number of rotatable bonds is 7. The van der Waals surface area contributed by atoms with E-state index in [0.717, 1.165) is 25.9 Å². The standard InChI is InChI=1S/C12H24O3/c1-6-7-8-14-10(2)9-12(4,5)15-11(3)13/h10H,6-9H2,1-5H3/t10-/m1/s1. The molecular weight excluding hydrogens is 192 g/mol. The van der Waals surface area contributed by atoms with E-state index in [9.17, 15) is 4.79 Å². The Hall–Kier alpha value is -0.570. The van der Waals surface area contributed by atoms with Crippen molar-refractivity contribution in [2.24, 2.45) is 0 Å². The summed E-state index contributed by atoms with van der Waals surface area (Å²) in [6.07, 6.45) is 3.08. The maximum atomic E-state index is 10.8. The van der Waals surface area contributed by atoms with E-state index in [0.29, 0.717) is 0 Å². The lowest BCUT2D eigenvalue weighted by atomic mass is 10.0. The fourth-order valence-electron chi connectivity index (χ4n) is 1.61. The fraction of sp³-hybridized carbons (Fsp3) is 0.917. The second-order valence-corrected chi connectivity index (χ2v) is 4.59. The van der Waals surface area contributed by atoms with Crippen LogP contribution < -0.4 is 0 Å². The van der Waals surface area contributed by atoms with Gasteiger partial charge in [-0.05, 0) is 27.2 Å². The molecule has 0 aliphatic heterocycles. The summed E-state index contributed by atoms with van der Waals surface area (Å²) in [5.74, 6) is -0.235. The van der Waals surface area contributed by atoms with Gasteiger partial charge in [-0.25, -0.2) is 0 Å². The van der Waals surface area contributed by atoms with Gasteiger partial charge in [0.05, 0.1) is 6.10 Å². The van der Waals surface area contributed by atoms with Crippen LogP contribution in [-0.2, 0) is 14.3 Å². The van der Waals surface area contributed by atoms with Gasteiger partial charge in [-0.15, -0.1) is 0 Å². The maximum absolute atomic E-state index is 10.8. The molecule has 0 unspecified atom stereocenters. The smallest absolute Gasteiger partial charge is 0.303 e. The first-order valence-electron chi connectivity index (χ1n) is 5.68. The highest BCUT2D eigenvalue weighted by atomic mass is 16.6. The minimum absolute atomic E-state index is 0.130. The van der Waals surface area contributed by atoms with Crippen LogP contribution in [0.1, 0.15) is 53.9 Å². The van der Waals surface area contributed by atoms with E-state index >= 15 is 0 Å². The summed E-state index contributed by atoms with van der Waals surface area (Å²) >= 11 is 0. The molecule has 0 aromatic rings. The molecule has 0 N–H and O–H groups in total. The quantitative estimate of drug-likeness (QED) is 0.485. The van der Waals surface area contributed by atoms with Gasteiger partial charge < -0.3 is 9.47 Å². The molecule has 3 nitrogen and oxygen atoms in total. The van der Waals surface area contributed by atoms with Crippen LogP contribution in [0.25, 0.3) is 0 Å². The Morgan fingerprint density at radius 3 is 2.47 bits per heavy atom. The summed E-state index contributed by atoms with van der Waals surface area (Å²) in [6.45, 7) is 10.2. The van der Waals surface area contributed by atoms with E-state index in [-0.39, 0.29) is 12.1 Å². The molecule has 15 heavy (non-hydrogen) atoms. The van der Waals surface area contributed by atoms with Gasteiger partial charge in [-0.1, -0.05) is 13.3 Å². The molecule has 0 radical (unpaired) electrons. The van der Waals surface area contributed by atoms with Crippen LogP contribution in [-0.4, -0.2) is 24.3 Å². The Kier molecular flexibility index (Phi) is 6.57. The molecule has 3 heteroatoms. The normalized spacial score (nSPS) is 13.7. The van der Waals surface area contributed by atoms with E-state index in [1.54, 1.807) is 0 Å². The minimum atomic E-state index is -0.433. The first-order chi connectivity index (χ1) is 6.87. The molecule has 0 aliphatic carbocycles. The molecule has 0 saturated carbocycles. The van der Waals surface area contributed by atoms with Gasteiger partial charge in [0.2, 0.25) is 0 Å². The fourth-order valence-corrected chi connectivity index (χ4v) is 1.61. The van der Waals surface area contributed by atoms with Crippen molar-refractivity contribution < 1.29 is 14.3 Å². The zero-order valence-corrected chi connectivity index (χ0v) is 10.6. The summed E-state index contributed by atoms with van der Waals surface area (Å²) in [6, 6.07) is 0. The van der Waals surface area contributed by atoms with Crippen LogP contribution in [0.15, 0.2) is 0 Å². The molecule has 0 amide bonds. The lowest BCUT2D eigenvalue weighted by Crippen LogP contribution is -2.32. The van der Waals surface area contributed by atoms with Crippen molar-refractivity contribution in [1.29, 1.82) is 0 Å². The molecule has 0 aliphatic rings. The Labute approximate surface area is 93.1 Å². The predicted octanol–water partition coefficient (Wildman–Crippen LogP) is 2.92. The molecule has 0 aromatic heterocycles. The second kappa shape index (κ2) is 6.83. The Bertz CT molecular complexity index is 187. The van der Waals surface area contributed by atoms with E-state index in [4.69, 9.17) is 9.47 Å². The van der Waals surface area contributed by atoms with Gasteiger partial charge in [-0.3, -0.25) is 4.79 Å². The molecule has 0 saturated heterocycles. The van der Waals surface area contributed by atoms with Gasteiger partial charge in [0.15, 0.2) is 0 Å². The molecule has 0 aromatic carbocycles. The lowest BCUT2D eigenvalue weighted by Gasteiger charge is -2.27. The minimum Gasteiger partial charge on any atom is -0.460 e. The number of carbonyl (C=O) groups excluding carboxylic acids is 1. The summed E-state index contributed by atoms with van der Waals surface area (Å²) in [7, 11) is 0. The van der Waals surface area contributed by atoms with E-state index in [1.165, 1.54) is 6.92 Å². The van der Waals surface area contributed by atoms with Crippen LogP contribution in [0.2, 0.25) is 0 Å². The van der Waals surface area contributed by atoms with E-state index in [1.807, 2.05) is 20.8 Å². The molecule has 0 spiro atoms. The third kappa shape index (κ3) is 8.43. The molecule has 0 fully saturated rings. The molecule has 0 rings (SSSR count). The maximum Gasteiger partial charge on any atom is 0.303 e.